The van der Waals surface area contributed by atoms with Gasteiger partial charge in [-0.15, -0.1) is 0 Å². The van der Waals surface area contributed by atoms with Gasteiger partial charge in [-0.2, -0.15) is 4.31 Å². The number of amides is 2. The molecule has 38 heavy (non-hydrogen) atoms. The molecular formula is C28H30N4O5S. The number of carbonyl (C=O) groups is 3. The zero-order valence-electron chi connectivity index (χ0n) is 21.1. The Morgan fingerprint density at radius 3 is 2.58 bits per heavy atom. The number of Topliss-reactive ketones (excluding diaryl/α,β-unsaturated/α-hetero) is 1. The molecule has 0 saturated carbocycles. The Labute approximate surface area is 221 Å². The third-order valence-electron chi connectivity index (χ3n) is 7.27. The summed E-state index contributed by atoms with van der Waals surface area (Å²) >= 11 is 0. The summed E-state index contributed by atoms with van der Waals surface area (Å²) in [6, 6.07) is 15.9. The molecule has 9 nitrogen and oxygen atoms in total. The molecule has 5 rings (SSSR count). The largest absolute Gasteiger partial charge is 0.340 e. The highest BCUT2D eigenvalue weighted by atomic mass is 32.2. The minimum absolute atomic E-state index is 0.252. The van der Waals surface area contributed by atoms with E-state index in [1.54, 1.807) is 30.3 Å². The van der Waals surface area contributed by atoms with Crippen LogP contribution in [0.4, 0.5) is 0 Å². The molecule has 3 aromatic rings. The molecule has 3 unspecified atom stereocenters. The van der Waals surface area contributed by atoms with E-state index in [4.69, 9.17) is 0 Å². The molecule has 2 aromatic carbocycles. The van der Waals surface area contributed by atoms with Crippen molar-refractivity contribution in [3.8, 4) is 0 Å². The fraction of sp³-hybridized carbons (Fsp3) is 0.357. The molecule has 2 aliphatic heterocycles. The summed E-state index contributed by atoms with van der Waals surface area (Å²) in [7, 11) is -3.81. The van der Waals surface area contributed by atoms with Crippen molar-refractivity contribution >= 4 is 38.4 Å². The smallest absolute Gasteiger partial charge is 0.251 e. The molecule has 10 heteroatoms. The summed E-state index contributed by atoms with van der Waals surface area (Å²) in [6.45, 7) is 1.90. The van der Waals surface area contributed by atoms with Crippen molar-refractivity contribution in [1.29, 1.82) is 0 Å². The molecule has 0 spiro atoms. The molecule has 2 fully saturated rings. The molecule has 2 amide bonds. The number of aromatic nitrogens is 1. The van der Waals surface area contributed by atoms with E-state index in [0.717, 1.165) is 10.8 Å². The molecular weight excluding hydrogens is 504 g/mol. The minimum Gasteiger partial charge on any atom is -0.340 e. The fourth-order valence-corrected chi connectivity index (χ4v) is 7.12. The van der Waals surface area contributed by atoms with Crippen LogP contribution in [0.1, 0.15) is 42.2 Å². The number of hydrogen-bond acceptors (Lipinski definition) is 6. The highest BCUT2D eigenvalue weighted by Crippen LogP contribution is 2.33. The van der Waals surface area contributed by atoms with E-state index in [9.17, 15) is 22.8 Å². The first-order valence-electron chi connectivity index (χ1n) is 12.8. The first kappa shape index (κ1) is 26.0. The van der Waals surface area contributed by atoms with Gasteiger partial charge in [0.15, 0.2) is 5.78 Å². The van der Waals surface area contributed by atoms with Crippen LogP contribution in [0.2, 0.25) is 0 Å². The van der Waals surface area contributed by atoms with Crippen molar-refractivity contribution in [2.24, 2.45) is 0 Å². The first-order chi connectivity index (χ1) is 18.3. The average molecular weight is 535 g/mol. The van der Waals surface area contributed by atoms with E-state index in [-0.39, 0.29) is 36.4 Å². The van der Waals surface area contributed by atoms with Crippen LogP contribution in [0.5, 0.6) is 0 Å². The molecule has 2 aliphatic rings. The third-order valence-corrected chi connectivity index (χ3v) is 9.04. The van der Waals surface area contributed by atoms with Crippen LogP contribution in [-0.2, 0) is 25.4 Å². The normalized spacial score (nSPS) is 20.4. The van der Waals surface area contributed by atoms with Crippen molar-refractivity contribution in [2.45, 2.75) is 50.1 Å². The Kier molecular flexibility index (Phi) is 7.27. The number of nitrogens with zero attached hydrogens (tertiary/aromatic N) is 3. The SMILES string of the molecule is CCCC(NC(=O)c1ccc2ccccc2c1)C(=O)N1CCC2C1C(=O)CN2S(=O)(=O)Cc1ccccn1. The standard InChI is InChI=1S/C28H30N4O5S/c1-2-7-23(30-27(34)21-12-11-19-8-3-4-9-20(19)16-21)28(35)31-15-13-24-26(31)25(33)17-32(24)38(36,37)18-22-10-5-6-14-29-22/h3-6,8-12,14,16,23-24,26H,2,7,13,15,17-18H2,1H3,(H,30,34). The summed E-state index contributed by atoms with van der Waals surface area (Å²) in [6.07, 6.45) is 2.94. The molecule has 1 aromatic heterocycles. The second-order valence-electron chi connectivity index (χ2n) is 9.80. The van der Waals surface area contributed by atoms with Crippen LogP contribution in [0, 0.1) is 0 Å². The highest BCUT2D eigenvalue weighted by molar-refractivity contribution is 7.88. The van der Waals surface area contributed by atoms with E-state index in [1.807, 2.05) is 37.3 Å². The average Bonchev–Trinajstić information content (AvgIpc) is 3.49. The van der Waals surface area contributed by atoms with E-state index in [1.165, 1.54) is 15.4 Å². The quantitative estimate of drug-likeness (QED) is 0.475. The lowest BCUT2D eigenvalue weighted by atomic mass is 10.0. The number of benzene rings is 2. The summed E-state index contributed by atoms with van der Waals surface area (Å²) in [5.74, 6) is -1.33. The summed E-state index contributed by atoms with van der Waals surface area (Å²) in [4.78, 5) is 45.3. The van der Waals surface area contributed by atoms with Crippen molar-refractivity contribution < 1.29 is 22.8 Å². The molecule has 2 saturated heterocycles. The molecule has 198 valence electrons. The van der Waals surface area contributed by atoms with Gasteiger partial charge in [-0.25, -0.2) is 8.42 Å². The van der Waals surface area contributed by atoms with Gasteiger partial charge in [0.25, 0.3) is 5.91 Å². The first-order valence-corrected chi connectivity index (χ1v) is 14.4. The Hall–Kier alpha value is -3.63. The van der Waals surface area contributed by atoms with Crippen LogP contribution in [0.25, 0.3) is 10.8 Å². The van der Waals surface area contributed by atoms with Gasteiger partial charge < -0.3 is 10.2 Å². The van der Waals surface area contributed by atoms with Crippen molar-refractivity contribution in [1.82, 2.24) is 19.5 Å². The van der Waals surface area contributed by atoms with Gasteiger partial charge in [0.1, 0.15) is 17.8 Å². The Morgan fingerprint density at radius 2 is 1.84 bits per heavy atom. The van der Waals surface area contributed by atoms with Crippen LogP contribution in [0.15, 0.2) is 66.9 Å². The Bertz CT molecular complexity index is 1480. The van der Waals surface area contributed by atoms with Gasteiger partial charge in [-0.05, 0) is 47.9 Å². The molecule has 3 heterocycles. The number of likely N-dealkylation sites (tertiary alicyclic amines) is 1. The second kappa shape index (κ2) is 10.6. The van der Waals surface area contributed by atoms with E-state index in [2.05, 4.69) is 10.3 Å². The number of hydrogen-bond donors (Lipinski definition) is 1. The molecule has 0 radical (unpaired) electrons. The van der Waals surface area contributed by atoms with Gasteiger partial charge in [-0.1, -0.05) is 49.7 Å². The van der Waals surface area contributed by atoms with E-state index < -0.39 is 28.1 Å². The maximum atomic E-state index is 13.6. The van der Waals surface area contributed by atoms with Crippen molar-refractivity contribution in [2.75, 3.05) is 13.1 Å². The number of rotatable bonds is 8. The molecule has 0 bridgehead atoms. The zero-order valence-corrected chi connectivity index (χ0v) is 21.9. The van der Waals surface area contributed by atoms with Gasteiger partial charge in [0, 0.05) is 18.3 Å². The number of carbonyl (C=O) groups excluding carboxylic acids is 3. The topological polar surface area (TPSA) is 117 Å². The van der Waals surface area contributed by atoms with Crippen LogP contribution >= 0.6 is 0 Å². The number of pyridine rings is 1. The lowest BCUT2D eigenvalue weighted by Gasteiger charge is -2.28. The molecule has 1 N–H and O–H groups in total. The predicted octanol–water partition coefficient (Wildman–Crippen LogP) is 2.52. The number of fused-ring (bicyclic) bond motifs is 2. The van der Waals surface area contributed by atoms with E-state index >= 15 is 0 Å². The lowest BCUT2D eigenvalue weighted by Crippen LogP contribution is -2.52. The van der Waals surface area contributed by atoms with Crippen molar-refractivity contribution in [3.63, 3.8) is 0 Å². The number of sulfonamides is 1. The second-order valence-corrected chi connectivity index (χ2v) is 11.7. The van der Waals surface area contributed by atoms with Gasteiger partial charge in [-0.3, -0.25) is 19.4 Å². The van der Waals surface area contributed by atoms with Crippen LogP contribution in [-0.4, -0.2) is 71.4 Å². The Balaban J connectivity index is 1.31. The minimum atomic E-state index is -3.81. The van der Waals surface area contributed by atoms with Crippen molar-refractivity contribution in [3.05, 3.63) is 78.1 Å². The Morgan fingerprint density at radius 1 is 1.08 bits per heavy atom. The maximum Gasteiger partial charge on any atom is 0.251 e. The van der Waals surface area contributed by atoms with Gasteiger partial charge >= 0.3 is 0 Å². The third kappa shape index (κ3) is 5.06. The molecule has 0 aliphatic carbocycles. The van der Waals surface area contributed by atoms with Gasteiger partial charge in [0.2, 0.25) is 15.9 Å². The molecule has 3 atom stereocenters. The number of ketones is 1. The van der Waals surface area contributed by atoms with Gasteiger partial charge in [0.05, 0.1) is 18.3 Å². The lowest BCUT2D eigenvalue weighted by molar-refractivity contribution is -0.138. The number of nitrogens with one attached hydrogen (secondary N) is 1. The zero-order chi connectivity index (χ0) is 26.9. The van der Waals surface area contributed by atoms with Crippen LogP contribution < -0.4 is 5.32 Å². The van der Waals surface area contributed by atoms with Crippen LogP contribution in [0.3, 0.4) is 0 Å². The summed E-state index contributed by atoms with van der Waals surface area (Å²) < 4.78 is 27.6. The highest BCUT2D eigenvalue weighted by Gasteiger charge is 2.54. The summed E-state index contributed by atoms with van der Waals surface area (Å²) in [5, 5.41) is 4.79. The fourth-order valence-electron chi connectivity index (χ4n) is 5.45. The maximum absolute atomic E-state index is 13.6. The monoisotopic (exact) mass is 534 g/mol. The predicted molar refractivity (Wildman–Crippen MR) is 143 cm³/mol. The van der Waals surface area contributed by atoms with E-state index in [0.29, 0.717) is 30.5 Å². The summed E-state index contributed by atoms with van der Waals surface area (Å²) in [5.41, 5.74) is 0.842.